The van der Waals surface area contributed by atoms with Crippen LogP contribution < -0.4 is 20.7 Å². The number of carbonyl (C=O) groups excluding carboxylic acids is 1. The summed E-state index contributed by atoms with van der Waals surface area (Å²) in [6, 6.07) is 13.7. The fraction of sp³-hybridized carbons (Fsp3) is 0.350. The second-order valence-electron chi connectivity index (χ2n) is 6.17. The molecule has 0 bridgehead atoms. The SMILES string of the molecule is CCc1c(OCc2ccccc2)ccc(C(N)=O)c1N1CCNCC1. The van der Waals surface area contributed by atoms with E-state index in [0.717, 1.165) is 55.2 Å². The van der Waals surface area contributed by atoms with Gasteiger partial charge in [-0.15, -0.1) is 0 Å². The number of ether oxygens (including phenoxy) is 1. The summed E-state index contributed by atoms with van der Waals surface area (Å²) in [4.78, 5) is 14.2. The third-order valence-corrected chi connectivity index (χ3v) is 4.53. The maximum Gasteiger partial charge on any atom is 0.250 e. The van der Waals surface area contributed by atoms with Crippen LogP contribution in [0.5, 0.6) is 5.75 Å². The van der Waals surface area contributed by atoms with Gasteiger partial charge in [-0.3, -0.25) is 4.79 Å². The van der Waals surface area contributed by atoms with Gasteiger partial charge in [0.25, 0.3) is 5.91 Å². The first kappa shape index (κ1) is 17.3. The molecule has 0 aromatic heterocycles. The summed E-state index contributed by atoms with van der Waals surface area (Å²) in [6.07, 6.45) is 0.782. The van der Waals surface area contributed by atoms with Crippen molar-refractivity contribution in [1.82, 2.24) is 5.32 Å². The number of rotatable bonds is 6. The first-order valence-electron chi connectivity index (χ1n) is 8.78. The van der Waals surface area contributed by atoms with Gasteiger partial charge < -0.3 is 20.7 Å². The van der Waals surface area contributed by atoms with Gasteiger partial charge >= 0.3 is 0 Å². The molecule has 0 radical (unpaired) electrons. The van der Waals surface area contributed by atoms with Gasteiger partial charge in [0.15, 0.2) is 0 Å². The highest BCUT2D eigenvalue weighted by molar-refractivity contribution is 6.00. The van der Waals surface area contributed by atoms with Crippen LogP contribution in [0.1, 0.15) is 28.4 Å². The molecule has 5 heteroatoms. The average Bonchev–Trinajstić information content (AvgIpc) is 2.66. The fourth-order valence-electron chi connectivity index (χ4n) is 3.28. The van der Waals surface area contributed by atoms with Gasteiger partial charge in [0.1, 0.15) is 12.4 Å². The van der Waals surface area contributed by atoms with Crippen molar-refractivity contribution in [2.45, 2.75) is 20.0 Å². The van der Waals surface area contributed by atoms with Gasteiger partial charge in [-0.2, -0.15) is 0 Å². The van der Waals surface area contributed by atoms with Gasteiger partial charge in [-0.1, -0.05) is 37.3 Å². The number of carbonyl (C=O) groups is 1. The molecule has 1 fully saturated rings. The minimum absolute atomic E-state index is 0.391. The van der Waals surface area contributed by atoms with E-state index in [-0.39, 0.29) is 0 Å². The van der Waals surface area contributed by atoms with Crippen LogP contribution in [0.15, 0.2) is 42.5 Å². The zero-order valence-corrected chi connectivity index (χ0v) is 14.6. The quantitative estimate of drug-likeness (QED) is 0.848. The minimum atomic E-state index is -0.391. The molecule has 5 nitrogen and oxygen atoms in total. The number of hydrogen-bond acceptors (Lipinski definition) is 4. The topological polar surface area (TPSA) is 67.6 Å². The molecule has 132 valence electrons. The Hall–Kier alpha value is -2.53. The van der Waals surface area contributed by atoms with E-state index in [1.165, 1.54) is 0 Å². The lowest BCUT2D eigenvalue weighted by molar-refractivity contribution is 0.100. The van der Waals surface area contributed by atoms with Crippen LogP contribution in [0.3, 0.4) is 0 Å². The van der Waals surface area contributed by atoms with E-state index in [2.05, 4.69) is 17.1 Å². The first-order valence-corrected chi connectivity index (χ1v) is 8.78. The molecule has 1 heterocycles. The largest absolute Gasteiger partial charge is 0.489 e. The maximum absolute atomic E-state index is 12.0. The van der Waals surface area contributed by atoms with Crippen molar-refractivity contribution in [3.63, 3.8) is 0 Å². The minimum Gasteiger partial charge on any atom is -0.489 e. The highest BCUT2D eigenvalue weighted by atomic mass is 16.5. The molecule has 0 unspecified atom stereocenters. The molecule has 2 aromatic rings. The van der Waals surface area contributed by atoms with Crippen LogP contribution >= 0.6 is 0 Å². The summed E-state index contributed by atoms with van der Waals surface area (Å²) in [6.45, 7) is 6.10. The summed E-state index contributed by atoms with van der Waals surface area (Å²) in [5, 5.41) is 3.34. The van der Waals surface area contributed by atoms with Crippen LogP contribution in [-0.2, 0) is 13.0 Å². The Kier molecular flexibility index (Phi) is 5.56. The number of anilines is 1. The molecule has 3 N–H and O–H groups in total. The number of nitrogens with two attached hydrogens (primary N) is 1. The van der Waals surface area contributed by atoms with Crippen LogP contribution in [0.25, 0.3) is 0 Å². The molecular formula is C20H25N3O2. The van der Waals surface area contributed by atoms with Crippen LogP contribution in [0.4, 0.5) is 5.69 Å². The van der Waals surface area contributed by atoms with E-state index < -0.39 is 5.91 Å². The summed E-state index contributed by atoms with van der Waals surface area (Å²) in [5.74, 6) is 0.433. The second kappa shape index (κ2) is 8.03. The molecule has 1 aliphatic heterocycles. The van der Waals surface area contributed by atoms with Crippen molar-refractivity contribution in [3.05, 3.63) is 59.2 Å². The fourth-order valence-corrected chi connectivity index (χ4v) is 3.28. The molecule has 3 rings (SSSR count). The number of benzene rings is 2. The van der Waals surface area contributed by atoms with Crippen molar-refractivity contribution < 1.29 is 9.53 Å². The Labute approximate surface area is 148 Å². The Bertz CT molecular complexity index is 725. The number of amides is 1. The number of nitrogens with zero attached hydrogens (tertiary/aromatic N) is 1. The molecule has 0 saturated carbocycles. The lowest BCUT2D eigenvalue weighted by atomic mass is 10.0. The van der Waals surface area contributed by atoms with Crippen LogP contribution in [0, 0.1) is 0 Å². The summed E-state index contributed by atoms with van der Waals surface area (Å²) in [5.41, 5.74) is 9.31. The van der Waals surface area contributed by atoms with Crippen molar-refractivity contribution in [3.8, 4) is 5.75 Å². The van der Waals surface area contributed by atoms with Crippen molar-refractivity contribution >= 4 is 11.6 Å². The third kappa shape index (κ3) is 3.94. The molecule has 0 atom stereocenters. The zero-order valence-electron chi connectivity index (χ0n) is 14.6. The standard InChI is InChI=1S/C20H25N3O2/c1-2-16-18(25-14-15-6-4-3-5-7-15)9-8-17(20(21)24)19(16)23-12-10-22-11-13-23/h3-9,22H,2,10-14H2,1H3,(H2,21,24). The van der Waals surface area contributed by atoms with E-state index in [1.54, 1.807) is 6.07 Å². The first-order chi connectivity index (χ1) is 12.2. The van der Waals surface area contributed by atoms with Gasteiger partial charge in [0.05, 0.1) is 11.3 Å². The average molecular weight is 339 g/mol. The third-order valence-electron chi connectivity index (χ3n) is 4.53. The molecule has 1 amide bonds. The summed E-state index contributed by atoms with van der Waals surface area (Å²) < 4.78 is 6.09. The van der Waals surface area contributed by atoms with E-state index in [0.29, 0.717) is 12.2 Å². The lowest BCUT2D eigenvalue weighted by Crippen LogP contribution is -2.44. The molecule has 1 saturated heterocycles. The Balaban J connectivity index is 1.94. The van der Waals surface area contributed by atoms with E-state index in [4.69, 9.17) is 10.5 Å². The zero-order chi connectivity index (χ0) is 17.6. The van der Waals surface area contributed by atoms with E-state index >= 15 is 0 Å². The van der Waals surface area contributed by atoms with E-state index in [9.17, 15) is 4.79 Å². The van der Waals surface area contributed by atoms with Crippen molar-refractivity contribution in [1.29, 1.82) is 0 Å². The Morgan fingerprint density at radius 3 is 2.52 bits per heavy atom. The van der Waals surface area contributed by atoms with Gasteiger partial charge in [0, 0.05) is 31.7 Å². The van der Waals surface area contributed by atoms with Crippen LogP contribution in [-0.4, -0.2) is 32.1 Å². The monoisotopic (exact) mass is 339 g/mol. The highest BCUT2D eigenvalue weighted by Crippen LogP contribution is 2.34. The summed E-state index contributed by atoms with van der Waals surface area (Å²) >= 11 is 0. The predicted molar refractivity (Wildman–Crippen MR) is 100 cm³/mol. The van der Waals surface area contributed by atoms with Gasteiger partial charge in [-0.05, 0) is 24.1 Å². The Morgan fingerprint density at radius 2 is 1.88 bits per heavy atom. The van der Waals surface area contributed by atoms with E-state index in [1.807, 2.05) is 36.4 Å². The number of piperazine rings is 1. The molecule has 2 aromatic carbocycles. The molecule has 0 spiro atoms. The molecule has 1 aliphatic rings. The number of hydrogen-bond donors (Lipinski definition) is 2. The second-order valence-corrected chi connectivity index (χ2v) is 6.17. The number of primary amides is 1. The van der Waals surface area contributed by atoms with Crippen molar-refractivity contribution in [2.24, 2.45) is 5.73 Å². The highest BCUT2D eigenvalue weighted by Gasteiger charge is 2.22. The van der Waals surface area contributed by atoms with Gasteiger partial charge in [0.2, 0.25) is 0 Å². The molecule has 25 heavy (non-hydrogen) atoms. The normalized spacial score (nSPS) is 14.4. The molecular weight excluding hydrogens is 314 g/mol. The smallest absolute Gasteiger partial charge is 0.250 e. The Morgan fingerprint density at radius 1 is 1.16 bits per heavy atom. The lowest BCUT2D eigenvalue weighted by Gasteiger charge is -2.33. The molecule has 0 aliphatic carbocycles. The van der Waals surface area contributed by atoms with Gasteiger partial charge in [-0.25, -0.2) is 0 Å². The predicted octanol–water partition coefficient (Wildman–Crippen LogP) is 2.34. The summed E-state index contributed by atoms with van der Waals surface area (Å²) in [7, 11) is 0. The van der Waals surface area contributed by atoms with Crippen LogP contribution in [0.2, 0.25) is 0 Å². The number of nitrogens with one attached hydrogen (secondary N) is 1. The maximum atomic E-state index is 12.0. The van der Waals surface area contributed by atoms with Crippen molar-refractivity contribution in [2.75, 3.05) is 31.1 Å².